The van der Waals surface area contributed by atoms with E-state index in [1.54, 1.807) is 39.5 Å². The number of carbonyl (C=O) groups is 1. The first-order valence-electron chi connectivity index (χ1n) is 7.57. The molecule has 6 heteroatoms. The van der Waals surface area contributed by atoms with Gasteiger partial charge in [-0.2, -0.15) is 0 Å². The van der Waals surface area contributed by atoms with E-state index in [4.69, 9.17) is 14.2 Å². The van der Waals surface area contributed by atoms with Crippen LogP contribution in [0.2, 0.25) is 0 Å². The van der Waals surface area contributed by atoms with Crippen LogP contribution in [0, 0.1) is 0 Å². The fourth-order valence-corrected chi connectivity index (χ4v) is 2.67. The van der Waals surface area contributed by atoms with E-state index in [9.17, 15) is 4.79 Å². The fraction of sp³-hybridized carbons (Fsp3) is 0.211. The zero-order valence-electron chi connectivity index (χ0n) is 14.3. The van der Waals surface area contributed by atoms with Crippen LogP contribution in [-0.2, 0) is 11.3 Å². The number of hydrogen-bond acceptors (Lipinski definition) is 4. The Labute approximate surface area is 155 Å². The summed E-state index contributed by atoms with van der Waals surface area (Å²) < 4.78 is 16.9. The molecule has 0 atom stereocenters. The lowest BCUT2D eigenvalue weighted by Crippen LogP contribution is -2.20. The van der Waals surface area contributed by atoms with E-state index in [2.05, 4.69) is 21.2 Å². The topological polar surface area (TPSA) is 56.8 Å². The molecule has 1 N–H and O–H groups in total. The van der Waals surface area contributed by atoms with Gasteiger partial charge in [0.25, 0.3) is 0 Å². The number of nitrogens with one attached hydrogen (secondary N) is 1. The summed E-state index contributed by atoms with van der Waals surface area (Å²) in [7, 11) is 4.69. The molecule has 0 aliphatic heterocycles. The molecule has 25 heavy (non-hydrogen) atoms. The molecule has 0 aliphatic rings. The predicted molar refractivity (Wildman–Crippen MR) is 101 cm³/mol. The highest BCUT2D eigenvalue weighted by Gasteiger charge is 2.12. The number of benzene rings is 2. The van der Waals surface area contributed by atoms with Crippen molar-refractivity contribution in [1.82, 2.24) is 5.32 Å². The number of methoxy groups -OCH3 is 3. The Morgan fingerprint density at radius 1 is 1.04 bits per heavy atom. The lowest BCUT2D eigenvalue weighted by molar-refractivity contribution is -0.116. The van der Waals surface area contributed by atoms with Gasteiger partial charge >= 0.3 is 0 Å². The number of amides is 1. The minimum atomic E-state index is -0.197. The van der Waals surface area contributed by atoms with Crippen LogP contribution in [0.1, 0.15) is 11.1 Å². The molecule has 0 spiro atoms. The Bertz CT molecular complexity index is 774. The molecule has 0 aromatic heterocycles. The SMILES string of the molecule is COc1cc(OC)c(OC)cc1CNC(=O)/C=C/c1cccc(Br)c1. The maximum absolute atomic E-state index is 12.0. The van der Waals surface area contributed by atoms with Gasteiger partial charge in [-0.05, 0) is 29.8 Å². The summed E-state index contributed by atoms with van der Waals surface area (Å²) in [5, 5.41) is 2.83. The fourth-order valence-electron chi connectivity index (χ4n) is 2.25. The molecule has 0 heterocycles. The molecule has 0 saturated heterocycles. The Morgan fingerprint density at radius 2 is 1.72 bits per heavy atom. The second-order valence-corrected chi connectivity index (χ2v) is 6.04. The number of halogens is 1. The molecule has 5 nitrogen and oxygen atoms in total. The summed E-state index contributed by atoms with van der Waals surface area (Å²) >= 11 is 3.40. The summed E-state index contributed by atoms with van der Waals surface area (Å²) in [6.07, 6.45) is 3.25. The predicted octanol–water partition coefficient (Wildman–Crippen LogP) is 3.80. The number of hydrogen-bond donors (Lipinski definition) is 1. The third-order valence-electron chi connectivity index (χ3n) is 3.52. The third kappa shape index (κ3) is 5.26. The van der Waals surface area contributed by atoms with Gasteiger partial charge in [-0.1, -0.05) is 28.1 Å². The molecule has 132 valence electrons. The van der Waals surface area contributed by atoms with Gasteiger partial charge < -0.3 is 19.5 Å². The van der Waals surface area contributed by atoms with Gasteiger partial charge in [0.15, 0.2) is 11.5 Å². The van der Waals surface area contributed by atoms with E-state index in [-0.39, 0.29) is 5.91 Å². The first-order valence-corrected chi connectivity index (χ1v) is 8.37. The molecule has 0 aliphatic carbocycles. The smallest absolute Gasteiger partial charge is 0.244 e. The van der Waals surface area contributed by atoms with E-state index in [1.165, 1.54) is 6.08 Å². The van der Waals surface area contributed by atoms with Crippen molar-refractivity contribution in [3.05, 3.63) is 58.1 Å². The molecule has 2 aromatic carbocycles. The van der Waals surface area contributed by atoms with Gasteiger partial charge in [0, 0.05) is 28.7 Å². The van der Waals surface area contributed by atoms with Crippen molar-refractivity contribution in [3.8, 4) is 17.2 Å². The first-order chi connectivity index (χ1) is 12.1. The van der Waals surface area contributed by atoms with Crippen molar-refractivity contribution in [2.75, 3.05) is 21.3 Å². The van der Waals surface area contributed by atoms with Gasteiger partial charge in [0.2, 0.25) is 5.91 Å². The van der Waals surface area contributed by atoms with Crippen LogP contribution in [0.25, 0.3) is 6.08 Å². The normalized spacial score (nSPS) is 10.6. The number of carbonyl (C=O) groups excluding carboxylic acids is 1. The molecular weight excluding hydrogens is 386 g/mol. The highest BCUT2D eigenvalue weighted by Crippen LogP contribution is 2.34. The summed E-state index contributed by atoms with van der Waals surface area (Å²) in [4.78, 5) is 12.0. The summed E-state index contributed by atoms with van der Waals surface area (Å²) in [5.41, 5.74) is 1.73. The quantitative estimate of drug-likeness (QED) is 0.711. The van der Waals surface area contributed by atoms with Crippen LogP contribution in [0.4, 0.5) is 0 Å². The monoisotopic (exact) mass is 405 g/mol. The molecule has 0 bridgehead atoms. The van der Waals surface area contributed by atoms with Gasteiger partial charge in [-0.25, -0.2) is 0 Å². The summed E-state index contributed by atoms with van der Waals surface area (Å²) in [5.74, 6) is 1.58. The van der Waals surface area contributed by atoms with Gasteiger partial charge in [0.1, 0.15) is 5.75 Å². The van der Waals surface area contributed by atoms with Gasteiger partial charge in [-0.3, -0.25) is 4.79 Å². The Morgan fingerprint density at radius 3 is 2.36 bits per heavy atom. The van der Waals surface area contributed by atoms with Crippen molar-refractivity contribution in [2.24, 2.45) is 0 Å². The van der Waals surface area contributed by atoms with Gasteiger partial charge in [-0.15, -0.1) is 0 Å². The Balaban J connectivity index is 2.06. The van der Waals surface area contributed by atoms with E-state index in [1.807, 2.05) is 24.3 Å². The molecule has 2 aromatic rings. The van der Waals surface area contributed by atoms with Gasteiger partial charge in [0.05, 0.1) is 21.3 Å². The molecule has 1 amide bonds. The van der Waals surface area contributed by atoms with Crippen LogP contribution >= 0.6 is 15.9 Å². The van der Waals surface area contributed by atoms with Crippen molar-refractivity contribution >= 4 is 27.9 Å². The van der Waals surface area contributed by atoms with Crippen molar-refractivity contribution in [1.29, 1.82) is 0 Å². The Hall–Kier alpha value is -2.47. The summed E-state index contributed by atoms with van der Waals surface area (Å²) in [6.45, 7) is 0.311. The largest absolute Gasteiger partial charge is 0.496 e. The average Bonchev–Trinajstić information content (AvgIpc) is 2.63. The third-order valence-corrected chi connectivity index (χ3v) is 4.01. The van der Waals surface area contributed by atoms with Crippen molar-refractivity contribution < 1.29 is 19.0 Å². The molecule has 0 saturated carbocycles. The minimum absolute atomic E-state index is 0.197. The van der Waals surface area contributed by atoms with Crippen LogP contribution < -0.4 is 19.5 Å². The molecule has 0 unspecified atom stereocenters. The van der Waals surface area contributed by atoms with Crippen molar-refractivity contribution in [2.45, 2.75) is 6.54 Å². The second-order valence-electron chi connectivity index (χ2n) is 5.13. The molecule has 2 rings (SSSR count). The maximum atomic E-state index is 12.0. The molecule has 0 radical (unpaired) electrons. The zero-order valence-corrected chi connectivity index (χ0v) is 15.9. The lowest BCUT2D eigenvalue weighted by atomic mass is 10.1. The van der Waals surface area contributed by atoms with Crippen LogP contribution in [0.3, 0.4) is 0 Å². The van der Waals surface area contributed by atoms with E-state index in [0.29, 0.717) is 23.8 Å². The zero-order chi connectivity index (χ0) is 18.2. The standard InChI is InChI=1S/C19H20BrNO4/c1-23-16-11-18(25-3)17(24-2)10-14(16)12-21-19(22)8-7-13-5-4-6-15(20)9-13/h4-11H,12H2,1-3H3,(H,21,22)/b8-7+. The Kier molecular flexibility index (Phi) is 6.89. The maximum Gasteiger partial charge on any atom is 0.244 e. The first kappa shape index (κ1) is 18.9. The van der Waals surface area contributed by atoms with Crippen LogP contribution in [0.5, 0.6) is 17.2 Å². The number of rotatable bonds is 7. The lowest BCUT2D eigenvalue weighted by Gasteiger charge is -2.14. The highest BCUT2D eigenvalue weighted by molar-refractivity contribution is 9.10. The molecule has 0 fully saturated rings. The summed E-state index contributed by atoms with van der Waals surface area (Å²) in [6, 6.07) is 11.2. The van der Waals surface area contributed by atoms with Crippen LogP contribution in [-0.4, -0.2) is 27.2 Å². The minimum Gasteiger partial charge on any atom is -0.496 e. The van der Waals surface area contributed by atoms with E-state index >= 15 is 0 Å². The van der Waals surface area contributed by atoms with E-state index in [0.717, 1.165) is 15.6 Å². The highest BCUT2D eigenvalue weighted by atomic mass is 79.9. The molecular formula is C19H20BrNO4. The number of ether oxygens (including phenoxy) is 3. The van der Waals surface area contributed by atoms with E-state index < -0.39 is 0 Å². The second kappa shape index (κ2) is 9.13. The van der Waals surface area contributed by atoms with Crippen LogP contribution in [0.15, 0.2) is 46.9 Å². The van der Waals surface area contributed by atoms with Crippen molar-refractivity contribution in [3.63, 3.8) is 0 Å². The average molecular weight is 406 g/mol.